The predicted molar refractivity (Wildman–Crippen MR) is 39.5 cm³/mol. The standard InChI is InChI=1S/C8H15NO/c9-5-8(10)4-6-1-2-7(8)3-6/h6-7,10H,1-5,9H2. The smallest absolute Gasteiger partial charge is 0.0800 e. The highest BCUT2D eigenvalue weighted by Crippen LogP contribution is 2.50. The van der Waals surface area contributed by atoms with Gasteiger partial charge in [0.2, 0.25) is 0 Å². The molecule has 0 saturated heterocycles. The SMILES string of the molecule is NCC1(O)CC2CCC1C2. The average Bonchev–Trinajstić information content (AvgIpc) is 2.46. The van der Waals surface area contributed by atoms with E-state index in [0.717, 1.165) is 12.3 Å². The second-order valence-corrected chi connectivity index (χ2v) is 3.89. The summed E-state index contributed by atoms with van der Waals surface area (Å²) in [5, 5.41) is 9.87. The molecule has 58 valence electrons. The minimum Gasteiger partial charge on any atom is -0.388 e. The van der Waals surface area contributed by atoms with E-state index in [1.165, 1.54) is 19.3 Å². The monoisotopic (exact) mass is 141 g/mol. The molecule has 0 spiro atoms. The molecule has 2 nitrogen and oxygen atoms in total. The van der Waals surface area contributed by atoms with Crippen molar-refractivity contribution in [1.29, 1.82) is 0 Å². The molecule has 3 atom stereocenters. The predicted octanol–water partition coefficient (Wildman–Crippen LogP) is 0.496. The number of nitrogens with two attached hydrogens (primary N) is 1. The lowest BCUT2D eigenvalue weighted by Gasteiger charge is -2.30. The Morgan fingerprint density at radius 3 is 2.60 bits per heavy atom. The van der Waals surface area contributed by atoms with Crippen LogP contribution in [0.15, 0.2) is 0 Å². The first-order valence-corrected chi connectivity index (χ1v) is 4.17. The number of rotatable bonds is 1. The van der Waals surface area contributed by atoms with Crippen LogP contribution < -0.4 is 5.73 Å². The molecule has 2 saturated carbocycles. The van der Waals surface area contributed by atoms with Crippen LogP contribution in [0.25, 0.3) is 0 Å². The molecule has 2 aliphatic rings. The molecule has 0 radical (unpaired) electrons. The van der Waals surface area contributed by atoms with Crippen molar-refractivity contribution < 1.29 is 5.11 Å². The molecule has 2 rings (SSSR count). The van der Waals surface area contributed by atoms with Crippen molar-refractivity contribution >= 4 is 0 Å². The topological polar surface area (TPSA) is 46.2 Å². The molecule has 0 aromatic carbocycles. The fourth-order valence-electron chi connectivity index (χ4n) is 2.66. The van der Waals surface area contributed by atoms with Crippen LogP contribution in [-0.4, -0.2) is 17.3 Å². The largest absolute Gasteiger partial charge is 0.388 e. The van der Waals surface area contributed by atoms with E-state index >= 15 is 0 Å². The summed E-state index contributed by atoms with van der Waals surface area (Å²) in [6.07, 6.45) is 4.73. The van der Waals surface area contributed by atoms with Gasteiger partial charge in [0.05, 0.1) is 5.60 Å². The Labute approximate surface area is 61.4 Å². The van der Waals surface area contributed by atoms with Crippen LogP contribution in [0.1, 0.15) is 25.7 Å². The first kappa shape index (κ1) is 6.62. The van der Waals surface area contributed by atoms with E-state index in [-0.39, 0.29) is 0 Å². The zero-order chi connectivity index (χ0) is 7.19. The van der Waals surface area contributed by atoms with Gasteiger partial charge >= 0.3 is 0 Å². The normalized spacial score (nSPS) is 52.2. The van der Waals surface area contributed by atoms with Crippen molar-refractivity contribution in [3.63, 3.8) is 0 Å². The van der Waals surface area contributed by atoms with Gasteiger partial charge in [-0.25, -0.2) is 0 Å². The molecule has 0 aromatic heterocycles. The Balaban J connectivity index is 2.14. The Bertz CT molecular complexity index is 148. The molecule has 2 fully saturated rings. The quantitative estimate of drug-likeness (QED) is 0.558. The lowest BCUT2D eigenvalue weighted by atomic mass is 9.84. The minimum absolute atomic E-state index is 0.466. The number of hydrogen-bond donors (Lipinski definition) is 2. The van der Waals surface area contributed by atoms with E-state index in [9.17, 15) is 5.11 Å². The van der Waals surface area contributed by atoms with Crippen LogP contribution in [0.2, 0.25) is 0 Å². The van der Waals surface area contributed by atoms with Crippen molar-refractivity contribution in [3.8, 4) is 0 Å². The van der Waals surface area contributed by atoms with Gasteiger partial charge in [0.15, 0.2) is 0 Å². The zero-order valence-electron chi connectivity index (χ0n) is 6.21. The van der Waals surface area contributed by atoms with Crippen LogP contribution in [0.4, 0.5) is 0 Å². The molecule has 0 heterocycles. The van der Waals surface area contributed by atoms with E-state index in [4.69, 9.17) is 5.73 Å². The van der Waals surface area contributed by atoms with Gasteiger partial charge in [0.25, 0.3) is 0 Å². The van der Waals surface area contributed by atoms with Crippen molar-refractivity contribution in [2.24, 2.45) is 17.6 Å². The maximum atomic E-state index is 9.87. The highest BCUT2D eigenvalue weighted by atomic mass is 16.3. The van der Waals surface area contributed by atoms with Gasteiger partial charge in [-0.05, 0) is 37.5 Å². The number of fused-ring (bicyclic) bond motifs is 2. The molecule has 2 bridgehead atoms. The molecule has 0 aliphatic heterocycles. The van der Waals surface area contributed by atoms with Crippen molar-refractivity contribution in [2.75, 3.05) is 6.54 Å². The Morgan fingerprint density at radius 1 is 1.50 bits per heavy atom. The van der Waals surface area contributed by atoms with Gasteiger partial charge in [-0.2, -0.15) is 0 Å². The van der Waals surface area contributed by atoms with Gasteiger partial charge in [-0.15, -0.1) is 0 Å². The highest BCUT2D eigenvalue weighted by Gasteiger charge is 2.48. The Hall–Kier alpha value is -0.0800. The van der Waals surface area contributed by atoms with Gasteiger partial charge in [-0.3, -0.25) is 0 Å². The summed E-state index contributed by atoms with van der Waals surface area (Å²) in [5.41, 5.74) is 5.04. The summed E-state index contributed by atoms with van der Waals surface area (Å²) in [5.74, 6) is 1.32. The molecule has 10 heavy (non-hydrogen) atoms. The van der Waals surface area contributed by atoms with E-state index in [0.29, 0.717) is 12.5 Å². The second kappa shape index (κ2) is 1.95. The van der Waals surface area contributed by atoms with Gasteiger partial charge in [0, 0.05) is 6.54 Å². The third-order valence-electron chi connectivity index (χ3n) is 3.30. The van der Waals surface area contributed by atoms with E-state index < -0.39 is 5.60 Å². The van der Waals surface area contributed by atoms with Crippen LogP contribution in [0, 0.1) is 11.8 Å². The molecule has 2 heteroatoms. The third-order valence-corrected chi connectivity index (χ3v) is 3.30. The maximum Gasteiger partial charge on any atom is 0.0800 e. The summed E-state index contributed by atoms with van der Waals surface area (Å²) < 4.78 is 0. The van der Waals surface area contributed by atoms with Crippen LogP contribution in [0.3, 0.4) is 0 Å². The second-order valence-electron chi connectivity index (χ2n) is 3.89. The summed E-state index contributed by atoms with van der Waals surface area (Å²) in [6.45, 7) is 0.466. The molecule has 3 unspecified atom stereocenters. The van der Waals surface area contributed by atoms with E-state index in [1.54, 1.807) is 0 Å². The summed E-state index contributed by atoms with van der Waals surface area (Å²) >= 11 is 0. The fourth-order valence-corrected chi connectivity index (χ4v) is 2.66. The zero-order valence-corrected chi connectivity index (χ0v) is 6.21. The lowest BCUT2D eigenvalue weighted by Crippen LogP contribution is -2.42. The Kier molecular flexibility index (Phi) is 1.29. The minimum atomic E-state index is -0.469. The molecular formula is C8H15NO. The maximum absolute atomic E-state index is 9.87. The van der Waals surface area contributed by atoms with Gasteiger partial charge in [-0.1, -0.05) is 0 Å². The van der Waals surface area contributed by atoms with E-state index in [1.807, 2.05) is 0 Å². The van der Waals surface area contributed by atoms with Crippen LogP contribution in [-0.2, 0) is 0 Å². The third kappa shape index (κ3) is 0.722. The molecule has 0 aromatic rings. The lowest BCUT2D eigenvalue weighted by molar-refractivity contribution is -0.00419. The summed E-state index contributed by atoms with van der Waals surface area (Å²) in [4.78, 5) is 0. The summed E-state index contributed by atoms with van der Waals surface area (Å²) in [6, 6.07) is 0. The van der Waals surface area contributed by atoms with Crippen molar-refractivity contribution in [2.45, 2.75) is 31.3 Å². The molecular weight excluding hydrogens is 126 g/mol. The number of hydrogen-bond acceptors (Lipinski definition) is 2. The van der Waals surface area contributed by atoms with Crippen LogP contribution in [0.5, 0.6) is 0 Å². The summed E-state index contributed by atoms with van der Waals surface area (Å²) in [7, 11) is 0. The van der Waals surface area contributed by atoms with Crippen LogP contribution >= 0.6 is 0 Å². The first-order chi connectivity index (χ1) is 4.74. The fraction of sp³-hybridized carbons (Fsp3) is 1.00. The number of aliphatic hydroxyl groups is 1. The molecule has 2 aliphatic carbocycles. The Morgan fingerprint density at radius 2 is 2.30 bits per heavy atom. The molecule has 3 N–H and O–H groups in total. The van der Waals surface area contributed by atoms with Crippen molar-refractivity contribution in [3.05, 3.63) is 0 Å². The van der Waals surface area contributed by atoms with Crippen molar-refractivity contribution in [1.82, 2.24) is 0 Å². The highest BCUT2D eigenvalue weighted by molar-refractivity contribution is 5.01. The van der Waals surface area contributed by atoms with Gasteiger partial charge in [0.1, 0.15) is 0 Å². The van der Waals surface area contributed by atoms with Gasteiger partial charge < -0.3 is 10.8 Å². The molecule has 0 amide bonds. The first-order valence-electron chi connectivity index (χ1n) is 4.17. The average molecular weight is 141 g/mol. The van der Waals surface area contributed by atoms with E-state index in [2.05, 4.69) is 0 Å².